The number of Topliss-reactive ketones (excluding diaryl/α,β-unsaturated/α-hetero) is 3. The van der Waals surface area contributed by atoms with E-state index in [-0.39, 0.29) is 84.8 Å². The molecule has 353 valence electrons. The third-order valence-electron chi connectivity index (χ3n) is 12.3. The van der Waals surface area contributed by atoms with Gasteiger partial charge in [0.1, 0.15) is 11.6 Å². The molecule has 3 nitrogen and oxygen atoms in total. The Balaban J connectivity index is -0.000000360. The van der Waals surface area contributed by atoms with Crippen LogP contribution in [0.15, 0.2) is 91.0 Å². The number of benzene rings is 3. The molecular weight excluding hydrogens is 1520 g/mol. The van der Waals surface area contributed by atoms with Gasteiger partial charge in [-0.1, -0.05) is 186 Å². The van der Waals surface area contributed by atoms with Gasteiger partial charge in [-0.3, -0.25) is 9.59 Å². The van der Waals surface area contributed by atoms with Crippen molar-refractivity contribution in [1.29, 1.82) is 0 Å². The van der Waals surface area contributed by atoms with Crippen LogP contribution in [0.1, 0.15) is 164 Å². The summed E-state index contributed by atoms with van der Waals surface area (Å²) in [5, 5.41) is 0. The fourth-order valence-corrected chi connectivity index (χ4v) is 8.55. The molecule has 3 saturated carbocycles. The SMILES string of the molecule is CC.CC.CC.CC1(C)CCC(Cc2ccccc2)C1=O.CCC1(CC)CCC(Cc2ccccc2)C1=O.CCC1(CC)CC[C-](Cc2ccccc2)C1=O.I.II.I[I-]I.[Y]. The minimum Gasteiger partial charge on any atom is 0 e. The van der Waals surface area contributed by atoms with Gasteiger partial charge in [-0.2, -0.15) is 6.42 Å². The minimum atomic E-state index is -0.0839. The predicted molar refractivity (Wildman–Crippen MR) is 309 cm³/mol. The van der Waals surface area contributed by atoms with Gasteiger partial charge in [-0.25, -0.2) is 0 Å². The van der Waals surface area contributed by atoms with Gasteiger partial charge in [0.2, 0.25) is 0 Å². The van der Waals surface area contributed by atoms with Gasteiger partial charge in [0, 0.05) is 98.4 Å². The van der Waals surface area contributed by atoms with Crippen LogP contribution in [0.3, 0.4) is 0 Å². The molecule has 0 N–H and O–H groups in total. The molecular formula is C52H80I6O3Y-2. The third-order valence-corrected chi connectivity index (χ3v) is 12.3. The fraction of sp³-hybridized carbons (Fsp3) is 0.577. The van der Waals surface area contributed by atoms with Crippen LogP contribution >= 0.6 is 98.4 Å². The molecule has 0 aromatic heterocycles. The third kappa shape index (κ3) is 24.0. The minimum absolute atomic E-state index is 0. The Morgan fingerprint density at radius 2 is 0.903 bits per heavy atom. The Kier molecular flexibility index (Phi) is 47.8. The normalized spacial score (nSPS) is 18.1. The summed E-state index contributed by atoms with van der Waals surface area (Å²) >= 11 is 9.54. The van der Waals surface area contributed by atoms with Crippen molar-refractivity contribution in [3.8, 4) is 0 Å². The molecule has 0 bridgehead atoms. The van der Waals surface area contributed by atoms with Crippen molar-refractivity contribution in [3.63, 3.8) is 0 Å². The Bertz CT molecular complexity index is 1440. The van der Waals surface area contributed by atoms with Crippen molar-refractivity contribution in [1.82, 2.24) is 0 Å². The fourth-order valence-electron chi connectivity index (χ4n) is 8.55. The molecule has 10 heteroatoms. The Hall–Kier alpha value is 2.02. The molecule has 3 aliphatic rings. The van der Waals surface area contributed by atoms with E-state index in [0.29, 0.717) is 30.6 Å². The van der Waals surface area contributed by atoms with Gasteiger partial charge in [0.15, 0.2) is 0 Å². The van der Waals surface area contributed by atoms with Crippen LogP contribution in [0.5, 0.6) is 0 Å². The number of halogens is 6. The first-order valence-corrected chi connectivity index (χ1v) is 41.4. The Morgan fingerprint density at radius 1 is 0.565 bits per heavy atom. The molecule has 2 unspecified atom stereocenters. The summed E-state index contributed by atoms with van der Waals surface area (Å²) in [4.78, 5) is 37.0. The smallest absolute Gasteiger partial charge is 0 e. The molecule has 62 heavy (non-hydrogen) atoms. The number of hydrogen-bond donors (Lipinski definition) is 0. The number of carbonyl (C=O) groups is 3. The summed E-state index contributed by atoms with van der Waals surface area (Å²) < 4.78 is 0. The van der Waals surface area contributed by atoms with Gasteiger partial charge in [-0.05, 0) is 80.8 Å². The summed E-state index contributed by atoms with van der Waals surface area (Å²) in [5.41, 5.74) is 3.73. The first-order valence-electron chi connectivity index (χ1n) is 22.6. The monoisotopic (exact) mass is 1600 g/mol. The van der Waals surface area contributed by atoms with Crippen molar-refractivity contribution in [3.05, 3.63) is 114 Å². The second-order valence-corrected chi connectivity index (χ2v) is 31.8. The van der Waals surface area contributed by atoms with E-state index in [1.165, 1.54) is 16.7 Å². The molecule has 3 aromatic carbocycles. The standard InChI is InChI=1S/C16H22O.C16H21O.C14H18O.3C2H6.I3.I2.HI.Y/c2*1-3-16(4-2)11-10-14(15(16)17)12-13-8-6-5-7-9-13;1-14(2)9-8-12(13(14)15)10-11-6-4-3-5-7-11;3*1-2;1-3-2;1-2;;/h5-9,14H,3-4,10-12H2,1-2H3;5-9H,3-4,10-12H2,1-2H3;3-7,12H,8-10H2,1-2H3;3*1-2H3;;;1H;/q;-1;;;;;-1;;;. The van der Waals surface area contributed by atoms with E-state index in [4.69, 9.17) is 0 Å². The quantitative estimate of drug-likeness (QED) is 0.150. The maximum atomic E-state index is 12.5. The Labute approximate surface area is 477 Å². The van der Waals surface area contributed by atoms with Crippen LogP contribution < -0.4 is 13.3 Å². The molecule has 3 aliphatic carbocycles. The summed E-state index contributed by atoms with van der Waals surface area (Å²) in [5.74, 6) is 3.06. The molecule has 2 atom stereocenters. The molecule has 3 aromatic rings. The summed E-state index contributed by atoms with van der Waals surface area (Å²) in [6.07, 6.45) is 13.0. The summed E-state index contributed by atoms with van der Waals surface area (Å²) in [6.45, 7) is 24.7. The zero-order chi connectivity index (χ0) is 46.2. The Morgan fingerprint density at radius 3 is 1.21 bits per heavy atom. The van der Waals surface area contributed by atoms with Crippen LogP contribution in [0.2, 0.25) is 0 Å². The first-order chi connectivity index (χ1) is 28.9. The number of hydrogen-bond acceptors (Lipinski definition) is 3. The van der Waals surface area contributed by atoms with Crippen molar-refractivity contribution in [2.75, 3.05) is 0 Å². The zero-order valence-corrected chi connectivity index (χ0v) is 56.1. The van der Waals surface area contributed by atoms with Gasteiger partial charge in [-0.15, -0.1) is 30.4 Å². The van der Waals surface area contributed by atoms with Crippen LogP contribution in [0, 0.1) is 34.0 Å². The van der Waals surface area contributed by atoms with E-state index in [9.17, 15) is 14.4 Å². The van der Waals surface area contributed by atoms with Crippen LogP contribution in [0.25, 0.3) is 0 Å². The maximum absolute atomic E-state index is 12.5. The van der Waals surface area contributed by atoms with Crippen molar-refractivity contribution in [2.24, 2.45) is 28.1 Å². The van der Waals surface area contributed by atoms with Crippen molar-refractivity contribution >= 4 is 116 Å². The molecule has 0 spiro atoms. The van der Waals surface area contributed by atoms with Crippen LogP contribution in [-0.4, -0.2) is 17.3 Å². The van der Waals surface area contributed by atoms with E-state index < -0.39 is 0 Å². The second-order valence-electron chi connectivity index (χ2n) is 15.6. The van der Waals surface area contributed by atoms with Crippen molar-refractivity contribution in [2.45, 2.75) is 167 Å². The molecule has 6 rings (SSSR count). The summed E-state index contributed by atoms with van der Waals surface area (Å²) in [6, 6.07) is 31.1. The van der Waals surface area contributed by atoms with E-state index >= 15 is 0 Å². The second kappa shape index (κ2) is 41.9. The van der Waals surface area contributed by atoms with E-state index in [1.807, 2.05) is 84.0 Å². The molecule has 0 aliphatic heterocycles. The van der Waals surface area contributed by atoms with E-state index in [2.05, 4.69) is 165 Å². The average Bonchev–Trinajstić information content (AvgIpc) is 3.90. The van der Waals surface area contributed by atoms with Gasteiger partial charge < -0.3 is 10.7 Å². The zero-order valence-electron chi connectivity index (χ0n) is 40.1. The number of carbonyl (C=O) groups excluding carboxylic acids is 3. The summed E-state index contributed by atoms with van der Waals surface area (Å²) in [7, 11) is 0. The van der Waals surface area contributed by atoms with E-state index in [1.54, 1.807) is 0 Å². The molecule has 0 heterocycles. The van der Waals surface area contributed by atoms with Gasteiger partial charge in [0.05, 0.1) is 0 Å². The van der Waals surface area contributed by atoms with E-state index in [0.717, 1.165) is 89.4 Å². The topological polar surface area (TPSA) is 51.2 Å². The predicted octanol–water partition coefficient (Wildman–Crippen LogP) is 15.5. The van der Waals surface area contributed by atoms with Crippen LogP contribution in [-0.2, 0) is 66.4 Å². The number of ketones is 3. The maximum Gasteiger partial charge on any atom is 0 e. The van der Waals surface area contributed by atoms with Crippen molar-refractivity contribution < 1.29 is 60.3 Å². The molecule has 0 saturated heterocycles. The molecule has 0 amide bonds. The average molecular weight is 1600 g/mol. The largest absolute Gasteiger partial charge is 0 e. The van der Waals surface area contributed by atoms with Crippen LogP contribution in [0.4, 0.5) is 0 Å². The van der Waals surface area contributed by atoms with Gasteiger partial charge >= 0.3 is 50.5 Å². The molecule has 3 fully saturated rings. The van der Waals surface area contributed by atoms with Gasteiger partial charge in [0.25, 0.3) is 0 Å². The molecule has 1 radical (unpaired) electrons. The number of rotatable bonds is 10. The first kappa shape index (κ1) is 70.6.